The Morgan fingerprint density at radius 2 is 0.203 bits per heavy atom. The Morgan fingerprint density at radius 3 is 0.304 bits per heavy atom. The van der Waals surface area contributed by atoms with Crippen molar-refractivity contribution in [3.8, 4) is 0 Å². The molecule has 47 heteroatoms. The van der Waals surface area contributed by atoms with Gasteiger partial charge in [-0.15, -0.1) is 0 Å². The molecule has 1 nitrogen and oxygen atoms in total. The molecule has 0 unspecified atom stereocenters. The van der Waals surface area contributed by atoms with Crippen LogP contribution in [0.1, 0.15) is 0 Å². The second-order valence-corrected chi connectivity index (χ2v) is 12.5. The molecule has 0 aromatic heterocycles. The Morgan fingerprint density at radius 1 is 0.116 bits per heavy atom. The zero-order valence-corrected chi connectivity index (χ0v) is 28.8. The molecule has 0 spiro atoms. The number of ether oxygens (including phenoxy) is 1. The van der Waals surface area contributed by atoms with Gasteiger partial charge in [0.15, 0.2) is 0 Å². The van der Waals surface area contributed by atoms with Crippen LogP contribution in [0.5, 0.6) is 0 Å². The highest BCUT2D eigenvalue weighted by Crippen LogP contribution is 2.70. The van der Waals surface area contributed by atoms with Crippen molar-refractivity contribution in [3.63, 3.8) is 0 Å². The highest BCUT2D eigenvalue weighted by Gasteiger charge is 3.02. The fourth-order valence-corrected chi connectivity index (χ4v) is 3.77. The molecule has 0 bridgehead atoms. The molecule has 0 saturated heterocycles. The van der Waals surface area contributed by atoms with E-state index in [9.17, 15) is 202 Å². The lowest BCUT2D eigenvalue weighted by molar-refractivity contribution is -0.531. The van der Waals surface area contributed by atoms with Gasteiger partial charge in [-0.3, -0.25) is 0 Å². The number of hydrogen-bond donors (Lipinski definition) is 0. The molecule has 0 atom stereocenters. The molecule has 0 aromatic carbocycles. The van der Waals surface area contributed by atoms with Crippen LogP contribution in [0, 0.1) is 0 Å². The van der Waals surface area contributed by atoms with Crippen LogP contribution in [-0.4, -0.2) is 131 Å². The maximum atomic E-state index is 13.9. The first-order chi connectivity index (χ1) is 28.7. The van der Waals surface area contributed by atoms with Gasteiger partial charge in [-0.05, 0) is 0 Å². The van der Waals surface area contributed by atoms with Gasteiger partial charge < -0.3 is 0 Å². The molecule has 0 N–H and O–H groups in total. The molecule has 0 radical (unpaired) electrons. The Balaban J connectivity index is 7.79. The smallest absolute Gasteiger partial charge is 0.245 e. The minimum absolute atomic E-state index is 0.213. The Hall–Kier alpha value is -3.26. The third kappa shape index (κ3) is 7.63. The van der Waals surface area contributed by atoms with E-state index in [4.69, 9.17) is 0 Å². The van der Waals surface area contributed by atoms with Crippen molar-refractivity contribution in [3.05, 3.63) is 0 Å². The highest BCUT2D eigenvalue weighted by molar-refractivity contribution is 5.21. The van der Waals surface area contributed by atoms with Crippen molar-refractivity contribution in [1.29, 1.82) is 0 Å². The zero-order valence-electron chi connectivity index (χ0n) is 28.8. The lowest BCUT2D eigenvalue weighted by atomic mass is 9.86. The van der Waals surface area contributed by atoms with Gasteiger partial charge in [0.25, 0.3) is 0 Å². The summed E-state index contributed by atoms with van der Waals surface area (Å²) in [5.74, 6) is -181. The summed E-state index contributed by atoms with van der Waals surface area (Å²) >= 11 is 0. The first kappa shape index (κ1) is 65.7. The standard InChI is InChI=1S/C22F46O/c23-1(24,3(27,28)7(35,36)11(43,44)15(51,52)19(59,60)61)5(31,32)9(39,40)13(47,48)17(55,56)21(65,66)69-22(67,68)18(57,58)14(49,50)10(41,42)6(33,34)2(25,26)4(29,30)8(37,38)12(45,46)16(53,54)20(62,63)64. The average Bonchev–Trinajstić information content (AvgIpc) is 3.08. The van der Waals surface area contributed by atoms with E-state index in [0.717, 1.165) is 0 Å². The van der Waals surface area contributed by atoms with E-state index in [1.165, 1.54) is 0 Å². The number of rotatable bonds is 20. The molecule has 0 aliphatic carbocycles. The zero-order chi connectivity index (χ0) is 57.7. The summed E-state index contributed by atoms with van der Waals surface area (Å²) in [6, 6.07) is 0. The summed E-state index contributed by atoms with van der Waals surface area (Å²) in [5.41, 5.74) is 0. The van der Waals surface area contributed by atoms with Gasteiger partial charge in [-0.25, -0.2) is 4.74 Å². The van der Waals surface area contributed by atoms with E-state index in [1.807, 2.05) is 0 Å². The predicted molar refractivity (Wildman–Crippen MR) is 112 cm³/mol. The molecule has 69 heavy (non-hydrogen) atoms. The summed E-state index contributed by atoms with van der Waals surface area (Å²) in [6.07, 6.45) is -36.9. The Bertz CT molecular complexity index is 1710. The van der Waals surface area contributed by atoms with E-state index in [0.29, 0.717) is 0 Å². The van der Waals surface area contributed by atoms with E-state index in [-0.39, 0.29) is 4.74 Å². The van der Waals surface area contributed by atoms with Gasteiger partial charge in [0.1, 0.15) is 0 Å². The Labute approximate surface area is 339 Å². The van der Waals surface area contributed by atoms with Gasteiger partial charge in [-0.2, -0.15) is 202 Å². The molecule has 416 valence electrons. The van der Waals surface area contributed by atoms with Crippen molar-refractivity contribution in [2.45, 2.75) is 131 Å². The SMILES string of the molecule is FC(F)(F)C(F)(F)C(F)(F)C(F)(F)C(F)(F)C(F)(F)C(F)(F)C(F)(F)C(F)(F)C(F)(F)C(F)(F)OC(F)(F)C(F)(F)C(F)(F)C(F)(F)C(F)(F)C(F)(F)C(F)(F)C(F)(F)C(F)(F)C(F)(F)C(F)(F)F. The fraction of sp³-hybridized carbons (Fsp3) is 1.00. The lowest BCUT2D eigenvalue weighted by Gasteiger charge is -2.46. The van der Waals surface area contributed by atoms with Crippen LogP contribution in [0.2, 0.25) is 0 Å². The molecule has 0 aliphatic heterocycles. The van der Waals surface area contributed by atoms with Crippen LogP contribution in [0.25, 0.3) is 0 Å². The number of alkyl halides is 46. The van der Waals surface area contributed by atoms with Crippen LogP contribution in [0.4, 0.5) is 202 Å². The molecular formula is C22F46O. The molecule has 0 aliphatic rings. The fourth-order valence-electron chi connectivity index (χ4n) is 3.77. The predicted octanol–water partition coefficient (Wildman–Crippen LogP) is 14.7. The maximum absolute atomic E-state index is 13.9. The largest absolute Gasteiger partial charge is 0.460 e. The van der Waals surface area contributed by atoms with Gasteiger partial charge in [0, 0.05) is 0 Å². The van der Waals surface area contributed by atoms with Crippen LogP contribution >= 0.6 is 0 Å². The lowest BCUT2D eigenvalue weighted by Crippen LogP contribution is -2.78. The van der Waals surface area contributed by atoms with Crippen LogP contribution < -0.4 is 0 Å². The topological polar surface area (TPSA) is 9.23 Å². The van der Waals surface area contributed by atoms with E-state index in [2.05, 4.69) is 0 Å². The number of halogens is 46. The maximum Gasteiger partial charge on any atom is 0.460 e. The minimum atomic E-state index is -10.4. The monoisotopic (exact) mass is 1150 g/mol. The minimum Gasteiger partial charge on any atom is -0.245 e. The van der Waals surface area contributed by atoms with E-state index >= 15 is 0 Å². The highest BCUT2D eigenvalue weighted by atomic mass is 19.5. The summed E-state index contributed by atoms with van der Waals surface area (Å²) in [4.78, 5) is 0. The first-order valence-corrected chi connectivity index (χ1v) is 14.1. The summed E-state index contributed by atoms with van der Waals surface area (Å²) in [6.45, 7) is 0. The molecule has 0 rings (SSSR count). The third-order valence-corrected chi connectivity index (χ3v) is 8.01. The van der Waals surface area contributed by atoms with Crippen LogP contribution in [0.3, 0.4) is 0 Å². The molecular weight excluding hydrogens is 1150 g/mol. The van der Waals surface area contributed by atoms with Crippen molar-refractivity contribution in [1.82, 2.24) is 0 Å². The van der Waals surface area contributed by atoms with Gasteiger partial charge >= 0.3 is 131 Å². The van der Waals surface area contributed by atoms with Gasteiger partial charge in [0.2, 0.25) is 0 Å². The average molecular weight is 1150 g/mol. The third-order valence-electron chi connectivity index (χ3n) is 8.01. The summed E-state index contributed by atoms with van der Waals surface area (Å²) in [5, 5.41) is 0. The van der Waals surface area contributed by atoms with E-state index < -0.39 is 131 Å². The molecule has 0 heterocycles. The quantitative estimate of drug-likeness (QED) is 0.110. The van der Waals surface area contributed by atoms with Gasteiger partial charge in [0.05, 0.1) is 0 Å². The second kappa shape index (κ2) is 15.6. The van der Waals surface area contributed by atoms with Crippen LogP contribution in [0.15, 0.2) is 0 Å². The summed E-state index contributed by atoms with van der Waals surface area (Å²) < 4.78 is 617. The number of hydrogen-bond acceptors (Lipinski definition) is 1. The normalized spacial score (nSPS) is 17.5. The molecule has 0 aromatic rings. The molecule has 0 amide bonds. The van der Waals surface area contributed by atoms with Crippen molar-refractivity contribution in [2.24, 2.45) is 0 Å². The Kier molecular flexibility index (Phi) is 14.9. The first-order valence-electron chi connectivity index (χ1n) is 14.1. The van der Waals surface area contributed by atoms with E-state index in [1.54, 1.807) is 0 Å². The summed E-state index contributed by atoms with van der Waals surface area (Å²) in [7, 11) is 0. The second-order valence-electron chi connectivity index (χ2n) is 12.5. The van der Waals surface area contributed by atoms with Crippen molar-refractivity contribution in [2.75, 3.05) is 0 Å². The van der Waals surface area contributed by atoms with Crippen LogP contribution in [-0.2, 0) is 4.74 Å². The van der Waals surface area contributed by atoms with Crippen molar-refractivity contribution >= 4 is 0 Å². The molecule has 0 fully saturated rings. The molecule has 0 saturated carbocycles. The van der Waals surface area contributed by atoms with Crippen molar-refractivity contribution < 1.29 is 207 Å². The van der Waals surface area contributed by atoms with Gasteiger partial charge in [-0.1, -0.05) is 0 Å².